The molecule has 0 radical (unpaired) electrons. The van der Waals surface area contributed by atoms with E-state index in [9.17, 15) is 17.6 Å². The molecule has 1 aromatic rings. The van der Waals surface area contributed by atoms with E-state index in [1.807, 2.05) is 0 Å². The van der Waals surface area contributed by atoms with Crippen molar-refractivity contribution in [3.63, 3.8) is 0 Å². The van der Waals surface area contributed by atoms with E-state index in [0.29, 0.717) is 0 Å². The lowest BCUT2D eigenvalue weighted by Gasteiger charge is -2.22. The number of hydrogen-bond donors (Lipinski definition) is 0. The van der Waals surface area contributed by atoms with Crippen LogP contribution >= 0.6 is 15.9 Å². The van der Waals surface area contributed by atoms with Crippen molar-refractivity contribution < 1.29 is 17.6 Å². The Balaban J connectivity index is 3.24. The van der Waals surface area contributed by atoms with Crippen molar-refractivity contribution in [3.05, 3.63) is 35.6 Å². The van der Waals surface area contributed by atoms with E-state index in [4.69, 9.17) is 0 Å². The molecule has 17 heavy (non-hydrogen) atoms. The molecule has 0 aliphatic heterocycles. The van der Waals surface area contributed by atoms with Gasteiger partial charge in [-0.25, -0.2) is 12.8 Å². The van der Waals surface area contributed by atoms with Gasteiger partial charge in [-0.1, -0.05) is 22.9 Å². The molecule has 0 spiro atoms. The molecule has 1 rings (SSSR count). The van der Waals surface area contributed by atoms with Crippen LogP contribution in [0.3, 0.4) is 0 Å². The second-order valence-corrected chi connectivity index (χ2v) is 7.81. The Morgan fingerprint density at radius 3 is 2.18 bits per heavy atom. The summed E-state index contributed by atoms with van der Waals surface area (Å²) in [6, 6.07) is 4.79. The standard InChI is InChI=1S/C11H12BrFO3S/c1-3-11(12,17(2,15)16)10(14)8-4-6-9(13)7-5-8/h4-7H,3H2,1-2H3/t11-/m0/s1. The second kappa shape index (κ2) is 4.86. The van der Waals surface area contributed by atoms with E-state index in [2.05, 4.69) is 15.9 Å². The molecule has 0 heterocycles. The third-order valence-corrected chi connectivity index (χ3v) is 6.82. The Labute approximate surface area is 108 Å². The van der Waals surface area contributed by atoms with Gasteiger partial charge < -0.3 is 0 Å². The SMILES string of the molecule is CC[C@@](Br)(C(=O)c1ccc(F)cc1)S(C)(=O)=O. The average Bonchev–Trinajstić information content (AvgIpc) is 2.26. The van der Waals surface area contributed by atoms with Crippen molar-refractivity contribution >= 4 is 31.6 Å². The molecule has 0 amide bonds. The first-order chi connectivity index (χ1) is 7.72. The van der Waals surface area contributed by atoms with Crippen LogP contribution in [0.25, 0.3) is 0 Å². The van der Waals surface area contributed by atoms with Gasteiger partial charge in [0.1, 0.15) is 5.82 Å². The second-order valence-electron chi connectivity index (χ2n) is 3.69. The predicted octanol–water partition coefficient (Wildman–Crippen LogP) is 2.55. The van der Waals surface area contributed by atoms with Crippen molar-refractivity contribution in [2.24, 2.45) is 0 Å². The maximum atomic E-state index is 12.7. The lowest BCUT2D eigenvalue weighted by Crippen LogP contribution is -2.39. The molecule has 0 aromatic heterocycles. The summed E-state index contributed by atoms with van der Waals surface area (Å²) in [4.78, 5) is 12.1. The van der Waals surface area contributed by atoms with E-state index in [1.54, 1.807) is 6.92 Å². The number of carbonyl (C=O) groups excluding carboxylic acids is 1. The summed E-state index contributed by atoms with van der Waals surface area (Å²) < 4.78 is 34.3. The minimum atomic E-state index is -3.60. The Bertz CT molecular complexity index is 524. The maximum Gasteiger partial charge on any atom is 0.194 e. The first kappa shape index (κ1) is 14.3. The lowest BCUT2D eigenvalue weighted by molar-refractivity contribution is 0.0976. The number of Topliss-reactive ketones (excluding diaryl/α,β-unsaturated/α-hetero) is 1. The summed E-state index contributed by atoms with van der Waals surface area (Å²) in [5.74, 6) is -1.06. The predicted molar refractivity (Wildman–Crippen MR) is 67.5 cm³/mol. The number of hydrogen-bond acceptors (Lipinski definition) is 3. The third kappa shape index (κ3) is 2.74. The highest BCUT2D eigenvalue weighted by atomic mass is 79.9. The minimum Gasteiger partial charge on any atom is -0.291 e. The molecule has 94 valence electrons. The molecule has 0 fully saturated rings. The van der Waals surface area contributed by atoms with Crippen LogP contribution < -0.4 is 0 Å². The average molecular weight is 323 g/mol. The molecule has 0 saturated heterocycles. The molecule has 1 aromatic carbocycles. The van der Waals surface area contributed by atoms with E-state index >= 15 is 0 Å². The van der Waals surface area contributed by atoms with E-state index < -0.39 is 25.1 Å². The van der Waals surface area contributed by atoms with Gasteiger partial charge in [-0.3, -0.25) is 4.79 Å². The molecule has 0 saturated carbocycles. The van der Waals surface area contributed by atoms with Crippen molar-refractivity contribution in [2.45, 2.75) is 17.0 Å². The molecule has 0 aliphatic carbocycles. The highest BCUT2D eigenvalue weighted by molar-refractivity contribution is 9.12. The van der Waals surface area contributed by atoms with Gasteiger partial charge in [-0.05, 0) is 30.7 Å². The van der Waals surface area contributed by atoms with Gasteiger partial charge in [0, 0.05) is 11.8 Å². The number of halogens is 2. The summed E-state index contributed by atoms with van der Waals surface area (Å²) >= 11 is 2.99. The first-order valence-corrected chi connectivity index (χ1v) is 7.59. The highest BCUT2D eigenvalue weighted by Crippen LogP contribution is 2.32. The van der Waals surface area contributed by atoms with Crippen LogP contribution in [0.2, 0.25) is 0 Å². The van der Waals surface area contributed by atoms with Crippen LogP contribution in [-0.2, 0) is 9.84 Å². The van der Waals surface area contributed by atoms with Crippen LogP contribution in [-0.4, -0.2) is 24.1 Å². The quantitative estimate of drug-likeness (QED) is 0.632. The molecule has 0 unspecified atom stereocenters. The van der Waals surface area contributed by atoms with Gasteiger partial charge >= 0.3 is 0 Å². The van der Waals surface area contributed by atoms with Gasteiger partial charge in [0.05, 0.1) is 0 Å². The lowest BCUT2D eigenvalue weighted by atomic mass is 10.1. The normalized spacial score (nSPS) is 15.3. The molecule has 3 nitrogen and oxygen atoms in total. The first-order valence-electron chi connectivity index (χ1n) is 4.91. The van der Waals surface area contributed by atoms with Crippen LogP contribution in [0, 0.1) is 5.82 Å². The number of ketones is 1. The molecular weight excluding hydrogens is 311 g/mol. The number of alkyl halides is 1. The van der Waals surface area contributed by atoms with Crippen LogP contribution in [0.5, 0.6) is 0 Å². The number of sulfone groups is 1. The molecular formula is C11H12BrFO3S. The van der Waals surface area contributed by atoms with E-state index in [-0.39, 0.29) is 12.0 Å². The van der Waals surface area contributed by atoms with Crippen LogP contribution in [0.15, 0.2) is 24.3 Å². The fourth-order valence-electron chi connectivity index (χ4n) is 1.41. The topological polar surface area (TPSA) is 51.2 Å². The van der Waals surface area contributed by atoms with Crippen molar-refractivity contribution in [1.82, 2.24) is 0 Å². The monoisotopic (exact) mass is 322 g/mol. The third-order valence-electron chi connectivity index (χ3n) is 2.49. The number of rotatable bonds is 4. The smallest absolute Gasteiger partial charge is 0.194 e. The van der Waals surface area contributed by atoms with Crippen LogP contribution in [0.4, 0.5) is 4.39 Å². The van der Waals surface area contributed by atoms with Gasteiger partial charge in [0.2, 0.25) is 0 Å². The molecule has 0 aliphatic rings. The number of benzene rings is 1. The largest absolute Gasteiger partial charge is 0.291 e. The minimum absolute atomic E-state index is 0.0992. The molecule has 0 bridgehead atoms. The molecule has 1 atom stereocenters. The van der Waals surface area contributed by atoms with Crippen molar-refractivity contribution in [1.29, 1.82) is 0 Å². The Morgan fingerprint density at radius 1 is 1.35 bits per heavy atom. The van der Waals surface area contributed by atoms with Crippen molar-refractivity contribution in [3.8, 4) is 0 Å². The van der Waals surface area contributed by atoms with E-state index in [1.165, 1.54) is 12.1 Å². The summed E-state index contributed by atoms with van der Waals surface area (Å²) in [5, 5.41) is 0. The Kier molecular flexibility index (Phi) is 4.09. The van der Waals surface area contributed by atoms with Crippen molar-refractivity contribution in [2.75, 3.05) is 6.26 Å². The zero-order valence-corrected chi connectivity index (χ0v) is 11.8. The summed E-state index contributed by atoms with van der Waals surface area (Å²) in [7, 11) is -3.60. The fraction of sp³-hybridized carbons (Fsp3) is 0.364. The molecule has 6 heteroatoms. The summed E-state index contributed by atoms with van der Waals surface area (Å²) in [6.07, 6.45) is 1.09. The Hall–Kier alpha value is -0.750. The zero-order valence-electron chi connectivity index (χ0n) is 9.41. The molecule has 0 N–H and O–H groups in total. The van der Waals surface area contributed by atoms with Gasteiger partial charge in [0.15, 0.2) is 19.3 Å². The number of carbonyl (C=O) groups is 1. The zero-order chi connectivity index (χ0) is 13.3. The highest BCUT2D eigenvalue weighted by Gasteiger charge is 2.44. The summed E-state index contributed by atoms with van der Waals surface area (Å²) in [6.45, 7) is 1.59. The maximum absolute atomic E-state index is 12.7. The van der Waals surface area contributed by atoms with Crippen LogP contribution in [0.1, 0.15) is 23.7 Å². The van der Waals surface area contributed by atoms with E-state index in [0.717, 1.165) is 18.4 Å². The Morgan fingerprint density at radius 2 is 1.82 bits per heavy atom. The van der Waals surface area contributed by atoms with Gasteiger partial charge in [-0.15, -0.1) is 0 Å². The fourth-order valence-corrected chi connectivity index (χ4v) is 2.62. The van der Waals surface area contributed by atoms with Gasteiger partial charge in [-0.2, -0.15) is 0 Å². The van der Waals surface area contributed by atoms with Gasteiger partial charge in [0.25, 0.3) is 0 Å². The summed E-state index contributed by atoms with van der Waals surface area (Å²) in [5.41, 5.74) is 0.163.